The van der Waals surface area contributed by atoms with Crippen LogP contribution in [0.25, 0.3) is 0 Å². The topological polar surface area (TPSA) is 18.5 Å². The molecule has 0 amide bonds. The van der Waals surface area contributed by atoms with E-state index in [0.717, 1.165) is 0 Å². The van der Waals surface area contributed by atoms with Gasteiger partial charge in [-0.2, -0.15) is 0 Å². The summed E-state index contributed by atoms with van der Waals surface area (Å²) in [6, 6.07) is 1.64. The van der Waals surface area contributed by atoms with Crippen molar-refractivity contribution in [2.45, 2.75) is 6.36 Å². The van der Waals surface area contributed by atoms with Gasteiger partial charge in [-0.05, 0) is 18.2 Å². The smallest absolute Gasteiger partial charge is 0.494 e. The molecule has 1 rings (SSSR count). The van der Waals surface area contributed by atoms with E-state index in [0.29, 0.717) is 12.1 Å². The third-order valence-corrected chi connectivity index (χ3v) is 1.93. The number of ether oxygens (including phenoxy) is 2. The van der Waals surface area contributed by atoms with Crippen LogP contribution in [-0.2, 0) is 4.74 Å². The number of benzene rings is 1. The van der Waals surface area contributed by atoms with Crippen molar-refractivity contribution in [2.75, 3.05) is 13.2 Å². The van der Waals surface area contributed by atoms with Gasteiger partial charge in [-0.25, -0.2) is 4.39 Å². The zero-order chi connectivity index (χ0) is 14.7. The molecule has 0 radical (unpaired) electrons. The average molecular weight is 291 g/mol. The Bertz CT molecular complexity index is 430. The maximum atomic E-state index is 12.7. The Morgan fingerprint density at radius 3 is 2.21 bits per heavy atom. The molecule has 0 aliphatic carbocycles. The van der Waals surface area contributed by atoms with Crippen molar-refractivity contribution < 1.29 is 40.0 Å². The van der Waals surface area contributed by atoms with E-state index < -0.39 is 43.6 Å². The van der Waals surface area contributed by atoms with E-state index >= 15 is 0 Å². The van der Waals surface area contributed by atoms with E-state index in [1.807, 2.05) is 0 Å². The van der Waals surface area contributed by atoms with Crippen LogP contribution < -0.4 is 10.2 Å². The van der Waals surface area contributed by atoms with Crippen molar-refractivity contribution in [3.63, 3.8) is 0 Å². The number of alkyl halides is 3. The average Bonchev–Trinajstić information content (AvgIpc) is 2.23. The maximum absolute atomic E-state index is 12.7. The third kappa shape index (κ3) is 5.37. The highest BCUT2D eigenvalue weighted by Gasteiger charge is 2.31. The predicted molar refractivity (Wildman–Crippen MR) is 52.6 cm³/mol. The number of hydrogen-bond donors (Lipinski definition) is 0. The monoisotopic (exact) mass is 291 g/mol. The summed E-state index contributed by atoms with van der Waals surface area (Å²) >= 11 is 0. The lowest BCUT2D eigenvalue weighted by atomic mass is 9.79. The normalized spacial score (nSPS) is 12.6. The highest BCUT2D eigenvalue weighted by Crippen LogP contribution is 2.19. The molecule has 0 aromatic heterocycles. The molecule has 0 aliphatic rings. The van der Waals surface area contributed by atoms with Crippen molar-refractivity contribution in [3.05, 3.63) is 24.0 Å². The van der Waals surface area contributed by atoms with E-state index in [1.165, 1.54) is 0 Å². The van der Waals surface area contributed by atoms with E-state index in [1.54, 1.807) is 0 Å². The van der Waals surface area contributed by atoms with Crippen LogP contribution in [-0.4, -0.2) is 26.6 Å². The van der Waals surface area contributed by atoms with Crippen molar-refractivity contribution >= 4 is 12.4 Å². The Balaban J connectivity index is 2.68. The molecule has 0 N–H and O–H groups in total. The van der Waals surface area contributed by atoms with Crippen LogP contribution in [0.15, 0.2) is 18.2 Å². The van der Waals surface area contributed by atoms with Crippen molar-refractivity contribution in [3.8, 4) is 5.75 Å². The lowest BCUT2D eigenvalue weighted by Gasteiger charge is -2.20. The third-order valence-electron chi connectivity index (χ3n) is 1.93. The van der Waals surface area contributed by atoms with Gasteiger partial charge in [0.15, 0.2) is 0 Å². The molecule has 2 nitrogen and oxygen atoms in total. The molecule has 0 heterocycles. The van der Waals surface area contributed by atoms with Crippen LogP contribution >= 0.6 is 0 Å². The molecule has 0 fully saturated rings. The minimum atomic E-state index is -5.53. The molecular formula is C9H7BF7O2-. The molecule has 0 saturated heterocycles. The quantitative estimate of drug-likeness (QED) is 0.472. The fraction of sp³-hybridized carbons (Fsp3) is 0.333. The number of rotatable bonds is 5. The summed E-state index contributed by atoms with van der Waals surface area (Å²) in [4.78, 5) is 0. The zero-order valence-electron chi connectivity index (χ0n) is 9.19. The summed E-state index contributed by atoms with van der Waals surface area (Å²) in [7, 11) is 0. The van der Waals surface area contributed by atoms with Crippen LogP contribution in [0.1, 0.15) is 0 Å². The van der Waals surface area contributed by atoms with Gasteiger partial charge < -0.3 is 17.7 Å². The summed E-state index contributed by atoms with van der Waals surface area (Å²) < 4.78 is 92.9. The van der Waals surface area contributed by atoms with Gasteiger partial charge in [-0.15, -0.1) is 13.2 Å². The van der Waals surface area contributed by atoms with E-state index in [4.69, 9.17) is 0 Å². The van der Waals surface area contributed by atoms with Crippen LogP contribution in [0.3, 0.4) is 0 Å². The summed E-state index contributed by atoms with van der Waals surface area (Å²) in [6.07, 6.45) is -4.89. The summed E-state index contributed by atoms with van der Waals surface area (Å²) in [5.41, 5.74) is -1.34. The van der Waals surface area contributed by atoms with E-state index in [9.17, 15) is 30.5 Å². The molecule has 0 aliphatic heterocycles. The second kappa shape index (κ2) is 5.68. The van der Waals surface area contributed by atoms with Gasteiger partial charge in [0.05, 0.1) is 12.4 Å². The Morgan fingerprint density at radius 2 is 1.68 bits per heavy atom. The molecule has 0 spiro atoms. The summed E-state index contributed by atoms with van der Waals surface area (Å²) in [5, 5.41) is 0. The first-order valence-corrected chi connectivity index (χ1v) is 4.92. The van der Waals surface area contributed by atoms with Crippen molar-refractivity contribution in [1.82, 2.24) is 0 Å². The van der Waals surface area contributed by atoms with Gasteiger partial charge in [0.1, 0.15) is 12.4 Å². The molecule has 108 valence electrons. The van der Waals surface area contributed by atoms with Crippen molar-refractivity contribution in [1.29, 1.82) is 0 Å². The van der Waals surface area contributed by atoms with Gasteiger partial charge in [-0.3, -0.25) is 4.74 Å². The highest BCUT2D eigenvalue weighted by atomic mass is 19.4. The molecule has 0 unspecified atom stereocenters. The van der Waals surface area contributed by atoms with Crippen LogP contribution in [0.4, 0.5) is 30.5 Å². The summed E-state index contributed by atoms with van der Waals surface area (Å²) in [5.74, 6) is -1.85. The SMILES string of the molecule is Fc1ccc(OCCOC(F)(F)F)c([B-](F)(F)F)c1. The molecule has 0 atom stereocenters. The largest absolute Gasteiger partial charge is 0.522 e. The molecule has 10 heteroatoms. The molecule has 19 heavy (non-hydrogen) atoms. The molecule has 1 aromatic rings. The predicted octanol–water partition coefficient (Wildman–Crippen LogP) is 2.80. The second-order valence-corrected chi connectivity index (χ2v) is 3.40. The maximum Gasteiger partial charge on any atom is 0.522 e. The minimum Gasteiger partial charge on any atom is -0.494 e. The molecule has 0 saturated carbocycles. The van der Waals surface area contributed by atoms with Gasteiger partial charge in [0.25, 0.3) is 0 Å². The fourth-order valence-corrected chi connectivity index (χ4v) is 1.22. The molecule has 0 bridgehead atoms. The highest BCUT2D eigenvalue weighted by molar-refractivity contribution is 6.74. The number of hydrogen-bond acceptors (Lipinski definition) is 2. The second-order valence-electron chi connectivity index (χ2n) is 3.40. The minimum absolute atomic E-state index is 0.222. The van der Waals surface area contributed by atoms with Crippen LogP contribution in [0.2, 0.25) is 0 Å². The van der Waals surface area contributed by atoms with E-state index in [2.05, 4.69) is 9.47 Å². The lowest BCUT2D eigenvalue weighted by molar-refractivity contribution is -0.325. The van der Waals surface area contributed by atoms with Crippen LogP contribution in [0.5, 0.6) is 5.75 Å². The standard InChI is InChI=1S/C9H7BF7O2/c11-6-1-2-8(7(5-6)10(15,16)17)18-3-4-19-9(12,13)14/h1-2,5H,3-4H2/q-1. The Labute approximate surface area is 103 Å². The zero-order valence-corrected chi connectivity index (χ0v) is 9.19. The Kier molecular flexibility index (Phi) is 4.67. The Morgan fingerprint density at radius 1 is 1.05 bits per heavy atom. The first-order chi connectivity index (χ1) is 8.59. The fourth-order valence-electron chi connectivity index (χ4n) is 1.22. The van der Waals surface area contributed by atoms with Gasteiger partial charge in [0, 0.05) is 0 Å². The van der Waals surface area contributed by atoms with Gasteiger partial charge >= 0.3 is 13.3 Å². The van der Waals surface area contributed by atoms with Gasteiger partial charge in [-0.1, -0.05) is 5.46 Å². The van der Waals surface area contributed by atoms with Crippen molar-refractivity contribution in [2.24, 2.45) is 0 Å². The molecule has 1 aromatic carbocycles. The van der Waals surface area contributed by atoms with Crippen LogP contribution in [0, 0.1) is 5.82 Å². The Hall–Kier alpha value is -1.45. The number of halogens is 7. The van der Waals surface area contributed by atoms with E-state index in [-0.39, 0.29) is 6.07 Å². The first-order valence-electron chi connectivity index (χ1n) is 4.92. The summed E-state index contributed by atoms with van der Waals surface area (Å²) in [6.45, 7) is -7.24. The lowest BCUT2D eigenvalue weighted by Crippen LogP contribution is -2.36. The molecular weight excluding hydrogens is 284 g/mol. The first kappa shape index (κ1) is 15.6. The van der Waals surface area contributed by atoms with Gasteiger partial charge in [0.2, 0.25) is 0 Å².